The summed E-state index contributed by atoms with van der Waals surface area (Å²) < 4.78 is 0.793. The number of amides is 1. The van der Waals surface area contributed by atoms with Gasteiger partial charge in [0.15, 0.2) is 0 Å². The Kier molecular flexibility index (Phi) is 4.37. The van der Waals surface area contributed by atoms with Crippen LogP contribution in [0, 0.1) is 0 Å². The molecule has 0 unspecified atom stereocenters. The molecule has 2 rings (SSSR count). The molecule has 0 aliphatic heterocycles. The van der Waals surface area contributed by atoms with E-state index in [4.69, 9.17) is 5.11 Å². The van der Waals surface area contributed by atoms with Crippen LogP contribution >= 0.6 is 15.9 Å². The van der Waals surface area contributed by atoms with Gasteiger partial charge in [0.05, 0.1) is 6.21 Å². The van der Waals surface area contributed by atoms with Crippen molar-refractivity contribution >= 4 is 28.1 Å². The molecule has 0 aliphatic carbocycles. The van der Waals surface area contributed by atoms with E-state index in [9.17, 15) is 9.90 Å². The SMILES string of the molecule is O=C(NN=Cc1cc(Br)ccc1O)c1ccc(O)cc1. The highest BCUT2D eigenvalue weighted by molar-refractivity contribution is 9.10. The minimum Gasteiger partial charge on any atom is -0.508 e. The standard InChI is InChI=1S/C14H11BrN2O3/c15-11-3-6-13(19)10(7-11)8-16-17-14(20)9-1-4-12(18)5-2-9/h1-8,18-19H,(H,17,20). The van der Waals surface area contributed by atoms with Crippen LogP contribution in [0.3, 0.4) is 0 Å². The topological polar surface area (TPSA) is 81.9 Å². The van der Waals surface area contributed by atoms with Crippen LogP contribution in [0.2, 0.25) is 0 Å². The first-order chi connectivity index (χ1) is 9.56. The van der Waals surface area contributed by atoms with Crippen molar-refractivity contribution in [1.82, 2.24) is 5.43 Å². The number of phenols is 2. The quantitative estimate of drug-likeness (QED) is 0.596. The molecule has 1 amide bonds. The van der Waals surface area contributed by atoms with Crippen molar-refractivity contribution in [2.45, 2.75) is 0 Å². The molecule has 6 heteroatoms. The van der Waals surface area contributed by atoms with Crippen molar-refractivity contribution in [1.29, 1.82) is 0 Å². The Morgan fingerprint density at radius 1 is 1.15 bits per heavy atom. The molecule has 0 saturated carbocycles. The molecule has 0 heterocycles. The lowest BCUT2D eigenvalue weighted by Gasteiger charge is -2.01. The summed E-state index contributed by atoms with van der Waals surface area (Å²) in [5, 5.41) is 22.5. The van der Waals surface area contributed by atoms with Crippen molar-refractivity contribution < 1.29 is 15.0 Å². The second kappa shape index (κ2) is 6.21. The number of hydrogen-bond donors (Lipinski definition) is 3. The minimum absolute atomic E-state index is 0.0656. The number of rotatable bonds is 3. The van der Waals surface area contributed by atoms with E-state index < -0.39 is 5.91 Å². The molecule has 0 bridgehead atoms. The van der Waals surface area contributed by atoms with E-state index in [0.29, 0.717) is 11.1 Å². The fourth-order valence-electron chi connectivity index (χ4n) is 1.47. The van der Waals surface area contributed by atoms with E-state index in [-0.39, 0.29) is 11.5 Å². The summed E-state index contributed by atoms with van der Waals surface area (Å²) in [6.45, 7) is 0. The number of hydrazone groups is 1. The van der Waals surface area contributed by atoms with Gasteiger partial charge < -0.3 is 10.2 Å². The second-order valence-corrected chi connectivity index (χ2v) is 4.86. The normalized spacial score (nSPS) is 10.7. The summed E-state index contributed by atoms with van der Waals surface area (Å²) >= 11 is 3.28. The Labute approximate surface area is 123 Å². The summed E-state index contributed by atoms with van der Waals surface area (Å²) in [4.78, 5) is 11.7. The van der Waals surface area contributed by atoms with E-state index in [1.165, 1.54) is 36.5 Å². The van der Waals surface area contributed by atoms with Gasteiger partial charge in [-0.15, -0.1) is 0 Å². The highest BCUT2D eigenvalue weighted by Gasteiger charge is 2.04. The number of nitrogens with zero attached hydrogens (tertiary/aromatic N) is 1. The molecule has 0 spiro atoms. The average Bonchev–Trinajstić information content (AvgIpc) is 2.43. The Morgan fingerprint density at radius 3 is 2.55 bits per heavy atom. The van der Waals surface area contributed by atoms with Gasteiger partial charge in [0.2, 0.25) is 0 Å². The van der Waals surface area contributed by atoms with Gasteiger partial charge in [0.25, 0.3) is 5.91 Å². The average molecular weight is 335 g/mol. The monoisotopic (exact) mass is 334 g/mol. The fourth-order valence-corrected chi connectivity index (χ4v) is 1.85. The molecule has 0 aromatic heterocycles. The van der Waals surface area contributed by atoms with E-state index in [2.05, 4.69) is 26.5 Å². The third-order valence-corrected chi connectivity index (χ3v) is 2.98. The zero-order valence-corrected chi connectivity index (χ0v) is 11.8. The zero-order valence-electron chi connectivity index (χ0n) is 10.2. The molecule has 0 saturated heterocycles. The van der Waals surface area contributed by atoms with E-state index >= 15 is 0 Å². The molecule has 0 radical (unpaired) electrons. The maximum Gasteiger partial charge on any atom is 0.271 e. The van der Waals surface area contributed by atoms with Crippen LogP contribution in [0.1, 0.15) is 15.9 Å². The van der Waals surface area contributed by atoms with Crippen LogP contribution in [-0.4, -0.2) is 22.3 Å². The van der Waals surface area contributed by atoms with Gasteiger partial charge in [-0.1, -0.05) is 15.9 Å². The third kappa shape index (κ3) is 3.58. The molecular formula is C14H11BrN2O3. The Morgan fingerprint density at radius 2 is 1.85 bits per heavy atom. The van der Waals surface area contributed by atoms with Crippen LogP contribution < -0.4 is 5.43 Å². The number of benzene rings is 2. The van der Waals surface area contributed by atoms with Crippen LogP contribution in [0.5, 0.6) is 11.5 Å². The molecule has 2 aromatic rings. The molecule has 0 aliphatic rings. The van der Waals surface area contributed by atoms with E-state index in [1.54, 1.807) is 12.1 Å². The molecule has 2 aromatic carbocycles. The summed E-state index contributed by atoms with van der Waals surface area (Å²) in [6, 6.07) is 10.7. The fraction of sp³-hybridized carbons (Fsp3) is 0. The van der Waals surface area contributed by atoms with Gasteiger partial charge >= 0.3 is 0 Å². The van der Waals surface area contributed by atoms with Gasteiger partial charge in [-0.05, 0) is 42.5 Å². The van der Waals surface area contributed by atoms with Gasteiger partial charge in [-0.25, -0.2) is 5.43 Å². The highest BCUT2D eigenvalue weighted by Crippen LogP contribution is 2.19. The molecule has 0 fully saturated rings. The number of aromatic hydroxyl groups is 2. The summed E-state index contributed by atoms with van der Waals surface area (Å²) in [5.74, 6) is -0.254. The van der Waals surface area contributed by atoms with Crippen LogP contribution in [0.4, 0.5) is 0 Å². The van der Waals surface area contributed by atoms with Crippen molar-refractivity contribution in [2.75, 3.05) is 0 Å². The predicted molar refractivity (Wildman–Crippen MR) is 79.0 cm³/mol. The zero-order chi connectivity index (χ0) is 14.5. The molecule has 0 atom stereocenters. The van der Waals surface area contributed by atoms with E-state index in [0.717, 1.165) is 4.47 Å². The Hall–Kier alpha value is -2.34. The number of phenolic OH excluding ortho intramolecular Hbond substituents is 2. The maximum absolute atomic E-state index is 11.7. The van der Waals surface area contributed by atoms with Gasteiger partial charge in [-0.2, -0.15) is 5.10 Å². The lowest BCUT2D eigenvalue weighted by Crippen LogP contribution is -2.17. The molecule has 5 nitrogen and oxygen atoms in total. The van der Waals surface area contributed by atoms with Crippen molar-refractivity contribution in [2.24, 2.45) is 5.10 Å². The van der Waals surface area contributed by atoms with Crippen LogP contribution in [-0.2, 0) is 0 Å². The van der Waals surface area contributed by atoms with Crippen LogP contribution in [0.25, 0.3) is 0 Å². The smallest absolute Gasteiger partial charge is 0.271 e. The first kappa shape index (κ1) is 14.1. The van der Waals surface area contributed by atoms with E-state index in [1.807, 2.05) is 0 Å². The van der Waals surface area contributed by atoms with Crippen molar-refractivity contribution in [3.63, 3.8) is 0 Å². The first-order valence-electron chi connectivity index (χ1n) is 5.67. The second-order valence-electron chi connectivity index (χ2n) is 3.95. The third-order valence-electron chi connectivity index (χ3n) is 2.49. The summed E-state index contributed by atoms with van der Waals surface area (Å²) in [5.41, 5.74) is 3.19. The van der Waals surface area contributed by atoms with Gasteiger partial charge in [0, 0.05) is 15.6 Å². The molecule has 3 N–H and O–H groups in total. The number of halogens is 1. The maximum atomic E-state index is 11.7. The predicted octanol–water partition coefficient (Wildman–Crippen LogP) is 2.62. The molecule has 20 heavy (non-hydrogen) atoms. The van der Waals surface area contributed by atoms with Crippen molar-refractivity contribution in [3.05, 3.63) is 58.1 Å². The van der Waals surface area contributed by atoms with Crippen molar-refractivity contribution in [3.8, 4) is 11.5 Å². The highest BCUT2D eigenvalue weighted by atomic mass is 79.9. The van der Waals surface area contributed by atoms with Crippen LogP contribution in [0.15, 0.2) is 52.0 Å². The number of carbonyl (C=O) groups excluding carboxylic acids is 1. The number of nitrogens with one attached hydrogen (secondary N) is 1. The Bertz CT molecular complexity index is 654. The molecule has 102 valence electrons. The molecular weight excluding hydrogens is 324 g/mol. The van der Waals surface area contributed by atoms with Gasteiger partial charge in [0.1, 0.15) is 11.5 Å². The first-order valence-corrected chi connectivity index (χ1v) is 6.46. The minimum atomic E-state index is -0.407. The summed E-state index contributed by atoms with van der Waals surface area (Å²) in [7, 11) is 0. The lowest BCUT2D eigenvalue weighted by atomic mass is 10.2. The Balaban J connectivity index is 2.04. The summed E-state index contributed by atoms with van der Waals surface area (Å²) in [6.07, 6.45) is 1.35. The number of hydrogen-bond acceptors (Lipinski definition) is 4. The lowest BCUT2D eigenvalue weighted by molar-refractivity contribution is 0.0955. The number of carbonyl (C=O) groups is 1. The largest absolute Gasteiger partial charge is 0.508 e. The van der Waals surface area contributed by atoms with Gasteiger partial charge in [-0.3, -0.25) is 4.79 Å².